The molecule has 2 aromatic rings. The van der Waals surface area contributed by atoms with Gasteiger partial charge in [-0.1, -0.05) is 41.4 Å². The van der Waals surface area contributed by atoms with Crippen LogP contribution < -0.4 is 10.0 Å². The Labute approximate surface area is 142 Å². The topological polar surface area (TPSA) is 26.3 Å². The van der Waals surface area contributed by atoms with E-state index in [0.717, 1.165) is 5.30 Å². The molecule has 0 heterocycles. The third-order valence-corrected chi connectivity index (χ3v) is 3.51. The molecule has 0 aliphatic carbocycles. The molecule has 0 aromatic heterocycles. The summed E-state index contributed by atoms with van der Waals surface area (Å²) in [5, 5.41) is 1.72. The van der Waals surface area contributed by atoms with Crippen LogP contribution in [0.1, 0.15) is 10.4 Å². The Kier molecular flexibility index (Phi) is 7.10. The maximum absolute atomic E-state index is 12.0. The van der Waals surface area contributed by atoms with Crippen molar-refractivity contribution in [3.05, 3.63) is 58.1 Å². The van der Waals surface area contributed by atoms with Crippen LogP contribution in [0, 0.1) is 0 Å². The molecule has 0 aliphatic rings. The van der Waals surface area contributed by atoms with E-state index in [1.807, 2.05) is 12.1 Å². The Bertz CT molecular complexity index is 582. The zero-order chi connectivity index (χ0) is 13.8. The number of halogens is 2. The van der Waals surface area contributed by atoms with Gasteiger partial charge in [0.25, 0.3) is 0 Å². The summed E-state index contributed by atoms with van der Waals surface area (Å²) in [7, 11) is 2.58. The van der Waals surface area contributed by atoms with Crippen molar-refractivity contribution in [2.24, 2.45) is 0 Å². The molecule has 1 atom stereocenters. The molecule has 0 bridgehead atoms. The first-order chi connectivity index (χ1) is 9.08. The van der Waals surface area contributed by atoms with Crippen LogP contribution >= 0.6 is 32.4 Å². The first-order valence-electron chi connectivity index (χ1n) is 5.53. The van der Waals surface area contributed by atoms with Crippen LogP contribution in [0.5, 0.6) is 5.75 Å². The molecule has 0 aliphatic heterocycles. The van der Waals surface area contributed by atoms with Crippen LogP contribution in [0.2, 0.25) is 10.0 Å². The Morgan fingerprint density at radius 3 is 2.15 bits per heavy atom. The fraction of sp³-hybridized carbons (Fsp3) is 0.0714. The van der Waals surface area contributed by atoms with Gasteiger partial charge in [-0.3, -0.25) is 4.79 Å². The summed E-state index contributed by atoms with van der Waals surface area (Å²) in [5.41, 5.74) is 0.300. The monoisotopic (exact) mass is 320 g/mol. The number of carbonyl (C=O) groups excluding carboxylic acids is 1. The number of Topliss-reactive ketones (excluding diaryl/α,β-unsaturated/α-hetero) is 1. The fourth-order valence-electron chi connectivity index (χ4n) is 1.55. The Balaban J connectivity index is 0.00000200. The summed E-state index contributed by atoms with van der Waals surface area (Å²) in [4.78, 5) is 12.0. The van der Waals surface area contributed by atoms with Crippen molar-refractivity contribution in [3.63, 3.8) is 0 Å². The zero-order valence-electron chi connectivity index (χ0n) is 9.90. The van der Waals surface area contributed by atoms with Gasteiger partial charge in [-0.2, -0.15) is 0 Å². The van der Waals surface area contributed by atoms with E-state index in [4.69, 9.17) is 27.9 Å². The molecule has 0 radical (unpaired) electrons. The van der Waals surface area contributed by atoms with E-state index in [-0.39, 0.29) is 31.3 Å². The molecular formula is C14H12Cl2LiO2P. The molecule has 2 aromatic carbocycles. The average Bonchev–Trinajstić information content (AvgIpc) is 2.38. The second-order valence-corrected chi connectivity index (χ2v) is 5.36. The summed E-state index contributed by atoms with van der Waals surface area (Å²) < 4.78 is 5.41. The van der Waals surface area contributed by atoms with Crippen molar-refractivity contribution >= 4 is 62.4 Å². The molecule has 0 amide bonds. The Morgan fingerprint density at radius 1 is 1.05 bits per heavy atom. The van der Waals surface area contributed by atoms with Gasteiger partial charge in [0.05, 0.1) is 15.6 Å². The number of ketones is 1. The molecule has 1 unspecified atom stereocenters. The molecule has 2 nitrogen and oxygen atoms in total. The van der Waals surface area contributed by atoms with Crippen LogP contribution in [0.4, 0.5) is 0 Å². The van der Waals surface area contributed by atoms with Gasteiger partial charge >= 0.3 is 18.9 Å². The molecule has 0 fully saturated rings. The van der Waals surface area contributed by atoms with E-state index in [1.54, 1.807) is 30.3 Å². The van der Waals surface area contributed by atoms with Crippen LogP contribution in [0.15, 0.2) is 42.5 Å². The van der Waals surface area contributed by atoms with Crippen molar-refractivity contribution in [3.8, 4) is 5.75 Å². The number of ether oxygens (including phenoxy) is 1. The SMILES string of the molecule is O=C(COc1ccc(P)cc1)c1c(Cl)cccc1Cl.[LiH]. The molecule has 0 spiro atoms. The summed E-state index contributed by atoms with van der Waals surface area (Å²) in [6.45, 7) is -0.0976. The van der Waals surface area contributed by atoms with Gasteiger partial charge in [-0.05, 0) is 29.6 Å². The molecule has 0 saturated carbocycles. The van der Waals surface area contributed by atoms with Gasteiger partial charge in [0, 0.05) is 0 Å². The molecule has 6 heteroatoms. The van der Waals surface area contributed by atoms with E-state index in [1.165, 1.54) is 0 Å². The van der Waals surface area contributed by atoms with Crippen molar-refractivity contribution in [1.29, 1.82) is 0 Å². The van der Waals surface area contributed by atoms with Crippen molar-refractivity contribution < 1.29 is 9.53 Å². The number of hydrogen-bond acceptors (Lipinski definition) is 2. The predicted octanol–water partition coefficient (Wildman–Crippen LogP) is 3.11. The van der Waals surface area contributed by atoms with E-state index >= 15 is 0 Å². The predicted molar refractivity (Wildman–Crippen MR) is 89.2 cm³/mol. The van der Waals surface area contributed by atoms with E-state index < -0.39 is 0 Å². The molecule has 0 N–H and O–H groups in total. The van der Waals surface area contributed by atoms with E-state index in [0.29, 0.717) is 21.4 Å². The van der Waals surface area contributed by atoms with Crippen LogP contribution in [-0.4, -0.2) is 31.3 Å². The van der Waals surface area contributed by atoms with Gasteiger partial charge < -0.3 is 4.74 Å². The van der Waals surface area contributed by atoms with Crippen molar-refractivity contribution in [1.82, 2.24) is 0 Å². The molecule has 100 valence electrons. The third kappa shape index (κ3) is 4.52. The standard InChI is InChI=1S/C14H11Cl2O2P.Li.H/c15-11-2-1-3-12(16)14(11)13(17)8-18-9-4-6-10(19)7-5-9;;/h1-7H,8,19H2;;. The first-order valence-corrected chi connectivity index (χ1v) is 6.87. The van der Waals surface area contributed by atoms with Gasteiger partial charge in [0.1, 0.15) is 5.75 Å². The van der Waals surface area contributed by atoms with Gasteiger partial charge in [-0.15, -0.1) is 9.24 Å². The normalized spacial score (nSPS) is 9.75. The Morgan fingerprint density at radius 2 is 1.60 bits per heavy atom. The second kappa shape index (κ2) is 8.08. The number of benzene rings is 2. The van der Waals surface area contributed by atoms with Gasteiger partial charge in [0.15, 0.2) is 6.61 Å². The summed E-state index contributed by atoms with van der Waals surface area (Å²) >= 11 is 11.9. The van der Waals surface area contributed by atoms with Gasteiger partial charge in [-0.25, -0.2) is 0 Å². The Hall–Kier alpha value is -0.483. The fourth-order valence-corrected chi connectivity index (χ4v) is 2.35. The average molecular weight is 321 g/mol. The molecule has 2 rings (SSSR count). The number of hydrogen-bond donors (Lipinski definition) is 0. The summed E-state index contributed by atoms with van der Waals surface area (Å²) in [5.74, 6) is 0.383. The first kappa shape index (κ1) is 17.6. The summed E-state index contributed by atoms with van der Waals surface area (Å²) in [6, 6.07) is 12.3. The molecule has 20 heavy (non-hydrogen) atoms. The van der Waals surface area contributed by atoms with Gasteiger partial charge in [0.2, 0.25) is 5.78 Å². The molecular weight excluding hydrogens is 309 g/mol. The van der Waals surface area contributed by atoms with Crippen LogP contribution in [0.3, 0.4) is 0 Å². The minimum atomic E-state index is -0.245. The number of carbonyl (C=O) groups is 1. The zero-order valence-corrected chi connectivity index (χ0v) is 12.6. The number of rotatable bonds is 4. The van der Waals surface area contributed by atoms with E-state index in [2.05, 4.69) is 9.24 Å². The second-order valence-electron chi connectivity index (χ2n) is 3.88. The van der Waals surface area contributed by atoms with Crippen LogP contribution in [-0.2, 0) is 0 Å². The van der Waals surface area contributed by atoms with Crippen LogP contribution in [0.25, 0.3) is 0 Å². The van der Waals surface area contributed by atoms with E-state index in [9.17, 15) is 4.79 Å². The minimum absolute atomic E-state index is 0. The quantitative estimate of drug-likeness (QED) is 0.491. The third-order valence-electron chi connectivity index (χ3n) is 2.49. The van der Waals surface area contributed by atoms with Crippen molar-refractivity contribution in [2.75, 3.05) is 6.61 Å². The summed E-state index contributed by atoms with van der Waals surface area (Å²) in [6.07, 6.45) is 0. The van der Waals surface area contributed by atoms with Crippen molar-refractivity contribution in [2.45, 2.75) is 0 Å². The molecule has 0 saturated heterocycles. The maximum atomic E-state index is 12.0.